The number of carbonyl (C=O) groups excluding carboxylic acids is 1. The molecule has 0 spiro atoms. The number of hydrogen-bond donors (Lipinski definition) is 1. The fourth-order valence-electron chi connectivity index (χ4n) is 3.66. The monoisotopic (exact) mass is 708 g/mol. The predicted molar refractivity (Wildman–Crippen MR) is 191 cm³/mol. The van der Waals surface area contributed by atoms with E-state index in [1.807, 2.05) is 16.3 Å². The Balaban J connectivity index is -0.000000576. The van der Waals surface area contributed by atoms with Crippen molar-refractivity contribution in [2.24, 2.45) is 0 Å². The molecule has 0 unspecified atom stereocenters. The average molecular weight is 710 g/mol. The number of aliphatic hydroxyl groups is 1. The number of nitrogens with zero attached hydrogens (tertiary/aromatic N) is 2. The van der Waals surface area contributed by atoms with Gasteiger partial charge in [0.1, 0.15) is 22.7 Å². The minimum Gasteiger partial charge on any atom is -0.465 e. The van der Waals surface area contributed by atoms with Crippen LogP contribution >= 0.6 is 23.2 Å². The molecule has 2 heterocycles. The normalized spacial score (nSPS) is 10.7. The van der Waals surface area contributed by atoms with Gasteiger partial charge >= 0.3 is 5.97 Å². The van der Waals surface area contributed by atoms with Gasteiger partial charge in [0.2, 0.25) is 0 Å². The molecule has 0 saturated carbocycles. The minimum absolute atomic E-state index is 0. The summed E-state index contributed by atoms with van der Waals surface area (Å²) in [6.07, 6.45) is 2.75. The maximum atomic E-state index is 13.6. The van der Waals surface area contributed by atoms with Gasteiger partial charge in [0, 0.05) is 42.0 Å². The number of ether oxygens (including phenoxy) is 2. The van der Waals surface area contributed by atoms with Gasteiger partial charge < -0.3 is 25.5 Å². The number of carbonyl (C=O) groups is 1. The SMILES string of the molecule is CC(C)(C)OC(C)(C)C.COC(=O)c1cc(F)c2ncc(Cl)cc2c1.C[C](C)(C)[AlH].O.O.OCc1cc(F)c2ncc(Cl)cc2c1.[Li]. The number of aromatic nitrogens is 2. The van der Waals surface area contributed by atoms with Gasteiger partial charge in [-0.25, -0.2) is 13.6 Å². The zero-order chi connectivity index (χ0) is 34.0. The summed E-state index contributed by atoms with van der Waals surface area (Å²) >= 11 is 13.5. The molecule has 2 aromatic carbocycles. The third kappa shape index (κ3) is 20.3. The van der Waals surface area contributed by atoms with Crippen LogP contribution in [0.25, 0.3) is 21.8 Å². The van der Waals surface area contributed by atoms with Gasteiger partial charge in [0.05, 0.1) is 40.5 Å². The molecule has 0 atom stereocenters. The Morgan fingerprint density at radius 3 is 1.51 bits per heavy atom. The molecule has 8 nitrogen and oxygen atoms in total. The maximum Gasteiger partial charge on any atom is 0.337 e. The Labute approximate surface area is 306 Å². The van der Waals surface area contributed by atoms with Crippen molar-refractivity contribution in [1.82, 2.24) is 9.97 Å². The third-order valence-corrected chi connectivity index (χ3v) is 5.10. The fraction of sp³-hybridized carbons (Fsp3) is 0.424. The first-order valence-electron chi connectivity index (χ1n) is 13.8. The zero-order valence-electron chi connectivity index (χ0n) is 29.1. The Kier molecular flexibility index (Phi) is 22.4. The van der Waals surface area contributed by atoms with Crippen LogP contribution in [0.2, 0.25) is 14.3 Å². The second kappa shape index (κ2) is 21.3. The number of benzene rings is 2. The number of esters is 1. The smallest absolute Gasteiger partial charge is 0.337 e. The van der Waals surface area contributed by atoms with Crippen molar-refractivity contribution < 1.29 is 39.1 Å². The largest absolute Gasteiger partial charge is 0.465 e. The molecule has 256 valence electrons. The quantitative estimate of drug-likeness (QED) is 0.175. The summed E-state index contributed by atoms with van der Waals surface area (Å²) in [6.45, 7) is 18.8. The number of methoxy groups -OCH3 is 1. The van der Waals surface area contributed by atoms with E-state index in [-0.39, 0.29) is 64.2 Å². The molecule has 2 aromatic heterocycles. The van der Waals surface area contributed by atoms with Gasteiger partial charge in [-0.15, -0.1) is 0 Å². The van der Waals surface area contributed by atoms with Gasteiger partial charge in [0.25, 0.3) is 0 Å². The van der Waals surface area contributed by atoms with Crippen molar-refractivity contribution in [2.45, 2.75) is 84.4 Å². The second-order valence-electron chi connectivity index (χ2n) is 13.0. The van der Waals surface area contributed by atoms with Crippen molar-refractivity contribution in [1.29, 1.82) is 0 Å². The van der Waals surface area contributed by atoms with E-state index in [2.05, 4.69) is 77.0 Å². The van der Waals surface area contributed by atoms with Crippen molar-refractivity contribution in [3.63, 3.8) is 0 Å². The molecule has 0 bridgehead atoms. The summed E-state index contributed by atoms with van der Waals surface area (Å²) in [6, 6.07) is 8.67. The fourth-order valence-corrected chi connectivity index (χ4v) is 3.99. The topological polar surface area (TPSA) is 145 Å². The summed E-state index contributed by atoms with van der Waals surface area (Å²) in [5.74, 6) is -1.61. The van der Waals surface area contributed by atoms with Gasteiger partial charge in [-0.05, 0) is 83.5 Å². The minimum atomic E-state index is -0.597. The number of aliphatic hydroxyl groups excluding tert-OH is 1. The molecule has 4 rings (SSSR count). The molecule has 0 fully saturated rings. The van der Waals surface area contributed by atoms with E-state index in [0.717, 1.165) is 6.07 Å². The van der Waals surface area contributed by atoms with Crippen molar-refractivity contribution in [3.8, 4) is 0 Å². The van der Waals surface area contributed by atoms with Crippen molar-refractivity contribution in [2.75, 3.05) is 7.11 Å². The van der Waals surface area contributed by atoms with Crippen LogP contribution in [0, 0.1) is 11.6 Å². The molecular weight excluding hydrogens is 663 g/mol. The van der Waals surface area contributed by atoms with E-state index in [1.165, 1.54) is 31.6 Å². The van der Waals surface area contributed by atoms with E-state index < -0.39 is 17.6 Å². The molecule has 0 saturated heterocycles. The molecule has 0 aliphatic carbocycles. The average Bonchev–Trinajstić information content (AvgIpc) is 2.85. The number of hydrogen-bond acceptors (Lipinski definition) is 6. The first-order chi connectivity index (χ1) is 20.0. The molecule has 2 radical (unpaired) electrons. The van der Waals surface area contributed by atoms with E-state index in [4.69, 9.17) is 33.0 Å². The van der Waals surface area contributed by atoms with Crippen LogP contribution in [0.3, 0.4) is 0 Å². The number of fused-ring (bicyclic) bond motifs is 2. The molecule has 0 amide bonds. The molecular formula is C33H46AlCl2F2LiN2O6. The Bertz CT molecular complexity index is 1550. The van der Waals surface area contributed by atoms with Crippen LogP contribution in [-0.4, -0.2) is 85.5 Å². The molecule has 0 aliphatic heterocycles. The predicted octanol–water partition coefficient (Wildman–Crippen LogP) is 7.01. The van der Waals surface area contributed by atoms with E-state index in [0.29, 0.717) is 30.7 Å². The summed E-state index contributed by atoms with van der Waals surface area (Å²) in [7, 11) is 1.24. The van der Waals surface area contributed by atoms with Crippen LogP contribution in [0.4, 0.5) is 8.78 Å². The maximum absolute atomic E-state index is 13.6. The van der Waals surface area contributed by atoms with E-state index >= 15 is 0 Å². The van der Waals surface area contributed by atoms with E-state index in [9.17, 15) is 13.6 Å². The number of pyridine rings is 2. The Hall–Kier alpha value is -1.86. The van der Waals surface area contributed by atoms with E-state index in [1.54, 1.807) is 18.2 Å². The molecule has 4 aromatic rings. The van der Waals surface area contributed by atoms with Crippen molar-refractivity contribution in [3.05, 3.63) is 81.6 Å². The van der Waals surface area contributed by atoms with Gasteiger partial charge in [-0.3, -0.25) is 9.97 Å². The summed E-state index contributed by atoms with van der Waals surface area (Å²) in [5, 5.41) is 10.8. The van der Waals surface area contributed by atoms with Crippen LogP contribution in [0.5, 0.6) is 0 Å². The first kappa shape index (κ1) is 49.5. The summed E-state index contributed by atoms with van der Waals surface area (Å²) in [5.41, 5.74) is 1.07. The van der Waals surface area contributed by atoms with Gasteiger partial charge in [-0.2, -0.15) is 0 Å². The first-order valence-corrected chi connectivity index (χ1v) is 15.2. The van der Waals surface area contributed by atoms with Crippen molar-refractivity contribution >= 4 is 86.1 Å². The van der Waals surface area contributed by atoms with Crippen LogP contribution < -0.4 is 0 Å². The molecule has 0 aliphatic rings. The van der Waals surface area contributed by atoms with Crippen LogP contribution in [0.1, 0.15) is 78.2 Å². The standard InChI is InChI=1S/C11H7ClFNO2.C10H7ClFNO.C8H18O.C4H9.Al.Li.2H2O.H/c1-16-11(15)7-2-6-3-8(12)5-14-10(6)9(13)4-7;11-8-3-7-1-6(5-14)2-9(12)10(7)13-4-8;1-7(2,3)9-8(4,5)6;1-4(2)3;;;;;/h2-5H,1H3;1-4,14H,5H2;1-6H3;1-3H3;;;2*1H2;. The molecule has 47 heavy (non-hydrogen) atoms. The van der Waals surface area contributed by atoms with Gasteiger partial charge in [-0.1, -0.05) is 48.3 Å². The number of rotatable bonds is 2. The van der Waals surface area contributed by atoms with Crippen LogP contribution in [0.15, 0.2) is 48.8 Å². The summed E-state index contributed by atoms with van der Waals surface area (Å²) in [4.78, 5) is 19.0. The second-order valence-corrected chi connectivity index (χ2v) is 16.0. The van der Waals surface area contributed by atoms with Gasteiger partial charge in [0.15, 0.2) is 16.3 Å². The van der Waals surface area contributed by atoms with Crippen LogP contribution in [-0.2, 0) is 16.1 Å². The Morgan fingerprint density at radius 1 is 0.787 bits per heavy atom. The number of halogens is 4. The third-order valence-electron chi connectivity index (χ3n) is 4.68. The zero-order valence-corrected chi connectivity index (χ0v) is 32.0. The Morgan fingerprint density at radius 2 is 1.17 bits per heavy atom. The molecule has 5 N–H and O–H groups in total. The molecule has 14 heteroatoms. The summed E-state index contributed by atoms with van der Waals surface area (Å²) < 4.78 is 37.6.